The molecule has 1 aromatic heterocycles. The molecule has 3 rings (SSSR count). The van der Waals surface area contributed by atoms with E-state index in [1.165, 1.54) is 39.3 Å². The Morgan fingerprint density at radius 2 is 2.12 bits per heavy atom. The minimum absolute atomic E-state index is 0.258. The number of fused-ring (bicyclic) bond motifs is 1. The monoisotopic (exact) mass is 344 g/mol. The third kappa shape index (κ3) is 3.82. The van der Waals surface area contributed by atoms with Gasteiger partial charge in [-0.25, -0.2) is 4.79 Å². The number of carboxylic acid groups (broad SMARTS) is 1. The number of ether oxygens (including phenoxy) is 1. The van der Waals surface area contributed by atoms with E-state index in [2.05, 4.69) is 22.9 Å². The Bertz CT molecular complexity index is 730. The largest absolute Gasteiger partial charge is 0.482 e. The first-order valence-electron chi connectivity index (χ1n) is 9.27. The van der Waals surface area contributed by atoms with Crippen LogP contribution in [0.15, 0.2) is 18.2 Å². The number of piperidine rings is 1. The molecule has 0 spiro atoms. The van der Waals surface area contributed by atoms with Crippen LogP contribution in [0.5, 0.6) is 5.88 Å². The lowest BCUT2D eigenvalue weighted by Crippen LogP contribution is -2.35. The van der Waals surface area contributed by atoms with Crippen molar-refractivity contribution in [2.24, 2.45) is 5.92 Å². The van der Waals surface area contributed by atoms with Gasteiger partial charge in [0, 0.05) is 10.9 Å². The topological polar surface area (TPSA) is 65.6 Å². The fourth-order valence-electron chi connectivity index (χ4n) is 3.93. The maximum Gasteiger partial charge on any atom is 0.341 e. The number of rotatable bonds is 7. The summed E-state index contributed by atoms with van der Waals surface area (Å²) in [6, 6.07) is 5.97. The number of aromatic amines is 1. The zero-order chi connectivity index (χ0) is 17.8. The smallest absolute Gasteiger partial charge is 0.341 e. The Balaban J connectivity index is 1.78. The van der Waals surface area contributed by atoms with E-state index >= 15 is 0 Å². The number of nitrogens with zero attached hydrogens (tertiary/aromatic N) is 1. The van der Waals surface area contributed by atoms with Gasteiger partial charge in [0.05, 0.1) is 7.11 Å². The van der Waals surface area contributed by atoms with Crippen molar-refractivity contribution in [2.75, 3.05) is 26.7 Å². The van der Waals surface area contributed by atoms with E-state index in [1.807, 2.05) is 12.1 Å². The summed E-state index contributed by atoms with van der Waals surface area (Å²) in [5.41, 5.74) is 2.21. The van der Waals surface area contributed by atoms with E-state index in [4.69, 9.17) is 4.74 Å². The molecule has 2 N–H and O–H groups in total. The number of nitrogens with one attached hydrogen (secondary N) is 1. The van der Waals surface area contributed by atoms with Crippen LogP contribution >= 0.6 is 0 Å². The van der Waals surface area contributed by atoms with Crippen molar-refractivity contribution in [1.82, 2.24) is 9.88 Å². The molecule has 136 valence electrons. The summed E-state index contributed by atoms with van der Waals surface area (Å²) >= 11 is 0. The zero-order valence-electron chi connectivity index (χ0n) is 15.2. The number of benzene rings is 1. The minimum atomic E-state index is -0.940. The van der Waals surface area contributed by atoms with Crippen molar-refractivity contribution in [2.45, 2.75) is 39.0 Å². The summed E-state index contributed by atoms with van der Waals surface area (Å²) in [6.45, 7) is 5.75. The number of hydrogen-bond donors (Lipinski definition) is 2. The van der Waals surface area contributed by atoms with Crippen LogP contribution in [0.25, 0.3) is 10.9 Å². The lowest BCUT2D eigenvalue weighted by Gasteiger charge is -2.32. The van der Waals surface area contributed by atoms with Gasteiger partial charge in [0.25, 0.3) is 0 Å². The summed E-state index contributed by atoms with van der Waals surface area (Å²) in [4.78, 5) is 17.4. The molecule has 1 saturated heterocycles. The molecule has 0 radical (unpaired) electrons. The zero-order valence-corrected chi connectivity index (χ0v) is 15.2. The molecule has 0 saturated carbocycles. The molecular weight excluding hydrogens is 316 g/mol. The second-order valence-corrected chi connectivity index (χ2v) is 7.02. The van der Waals surface area contributed by atoms with E-state index < -0.39 is 5.97 Å². The molecule has 5 nitrogen and oxygen atoms in total. The highest BCUT2D eigenvalue weighted by Gasteiger charge is 2.24. The van der Waals surface area contributed by atoms with Gasteiger partial charge < -0.3 is 19.7 Å². The number of aromatic nitrogens is 1. The van der Waals surface area contributed by atoms with E-state index in [0.29, 0.717) is 11.8 Å². The molecule has 1 aliphatic heterocycles. The molecule has 2 aromatic rings. The lowest BCUT2D eigenvalue weighted by molar-refractivity contribution is 0.0695. The molecule has 0 atom stereocenters. The fourth-order valence-corrected chi connectivity index (χ4v) is 3.93. The summed E-state index contributed by atoms with van der Waals surface area (Å²) in [5.74, 6) is 0.0142. The summed E-state index contributed by atoms with van der Waals surface area (Å²) in [5, 5.41) is 10.4. The Kier molecular flexibility index (Phi) is 5.63. The normalized spacial score (nSPS) is 16.4. The first-order chi connectivity index (χ1) is 12.1. The molecule has 25 heavy (non-hydrogen) atoms. The van der Waals surface area contributed by atoms with Gasteiger partial charge >= 0.3 is 5.97 Å². The molecule has 2 heterocycles. The van der Waals surface area contributed by atoms with Crippen LogP contribution in [0.3, 0.4) is 0 Å². The van der Waals surface area contributed by atoms with Crippen LogP contribution in [0.4, 0.5) is 0 Å². The quantitative estimate of drug-likeness (QED) is 0.799. The van der Waals surface area contributed by atoms with E-state index in [1.54, 1.807) is 0 Å². The highest BCUT2D eigenvalue weighted by molar-refractivity contribution is 6.07. The predicted molar refractivity (Wildman–Crippen MR) is 99.6 cm³/mol. The number of unbranched alkanes of at least 4 members (excludes halogenated alkanes) is 1. The van der Waals surface area contributed by atoms with Gasteiger partial charge in [-0.15, -0.1) is 0 Å². The molecule has 0 bridgehead atoms. The molecule has 1 fully saturated rings. The predicted octanol–water partition coefficient (Wildman–Crippen LogP) is 3.93. The Morgan fingerprint density at radius 3 is 2.76 bits per heavy atom. The summed E-state index contributed by atoms with van der Waals surface area (Å²) in [6.07, 6.45) is 5.82. The van der Waals surface area contributed by atoms with Crippen LogP contribution in [0.1, 0.15) is 48.5 Å². The number of aromatic carboxylic acids is 1. The molecular formula is C20H28N2O3. The Hall–Kier alpha value is -2.01. The third-order valence-electron chi connectivity index (χ3n) is 5.34. The number of carbonyl (C=O) groups is 1. The van der Waals surface area contributed by atoms with Crippen molar-refractivity contribution < 1.29 is 14.6 Å². The molecule has 1 aromatic carbocycles. The van der Waals surface area contributed by atoms with Crippen LogP contribution in [-0.4, -0.2) is 47.7 Å². The SMILES string of the molecule is CCCCN1CCC(Cc2cccc3[nH]c(OC)c(C(=O)O)c23)CC1. The van der Waals surface area contributed by atoms with Gasteiger partial charge in [-0.2, -0.15) is 0 Å². The average molecular weight is 344 g/mol. The number of H-pyrrole nitrogens is 1. The van der Waals surface area contributed by atoms with Crippen LogP contribution < -0.4 is 4.74 Å². The van der Waals surface area contributed by atoms with Gasteiger partial charge in [0.15, 0.2) is 0 Å². The Morgan fingerprint density at radius 1 is 1.36 bits per heavy atom. The second kappa shape index (κ2) is 7.91. The lowest BCUT2D eigenvalue weighted by atomic mass is 9.88. The van der Waals surface area contributed by atoms with Crippen molar-refractivity contribution in [3.63, 3.8) is 0 Å². The van der Waals surface area contributed by atoms with Gasteiger partial charge in [0.1, 0.15) is 5.56 Å². The van der Waals surface area contributed by atoms with Crippen molar-refractivity contribution in [1.29, 1.82) is 0 Å². The van der Waals surface area contributed by atoms with E-state index in [0.717, 1.165) is 36.0 Å². The van der Waals surface area contributed by atoms with Gasteiger partial charge in [-0.3, -0.25) is 0 Å². The first-order valence-corrected chi connectivity index (χ1v) is 9.27. The first kappa shape index (κ1) is 17.8. The standard InChI is InChI=1S/C20H28N2O3/c1-3-4-10-22-11-8-14(9-12-22)13-15-6-5-7-16-17(15)18(20(23)24)19(21-16)25-2/h5-7,14,21H,3-4,8-13H2,1-2H3,(H,23,24). The van der Waals surface area contributed by atoms with Gasteiger partial charge in [-0.05, 0) is 62.9 Å². The minimum Gasteiger partial charge on any atom is -0.482 e. The second-order valence-electron chi connectivity index (χ2n) is 7.02. The van der Waals surface area contributed by atoms with Crippen molar-refractivity contribution in [3.05, 3.63) is 29.3 Å². The number of likely N-dealkylation sites (tertiary alicyclic amines) is 1. The number of methoxy groups -OCH3 is 1. The molecule has 0 amide bonds. The van der Waals surface area contributed by atoms with Gasteiger partial charge in [-0.1, -0.05) is 25.5 Å². The number of carboxylic acids is 1. The highest BCUT2D eigenvalue weighted by Crippen LogP contribution is 2.33. The van der Waals surface area contributed by atoms with E-state index in [-0.39, 0.29) is 5.56 Å². The third-order valence-corrected chi connectivity index (χ3v) is 5.34. The van der Waals surface area contributed by atoms with E-state index in [9.17, 15) is 9.90 Å². The number of hydrogen-bond acceptors (Lipinski definition) is 3. The van der Waals surface area contributed by atoms with Crippen LogP contribution in [0, 0.1) is 5.92 Å². The van der Waals surface area contributed by atoms with Crippen LogP contribution in [-0.2, 0) is 6.42 Å². The average Bonchev–Trinajstić information content (AvgIpc) is 3.01. The Labute approximate surface area is 149 Å². The molecule has 5 heteroatoms. The van der Waals surface area contributed by atoms with Crippen molar-refractivity contribution >= 4 is 16.9 Å². The molecule has 0 unspecified atom stereocenters. The van der Waals surface area contributed by atoms with Crippen molar-refractivity contribution in [3.8, 4) is 5.88 Å². The molecule has 1 aliphatic rings. The maximum atomic E-state index is 11.7. The highest BCUT2D eigenvalue weighted by atomic mass is 16.5. The van der Waals surface area contributed by atoms with Gasteiger partial charge in [0.2, 0.25) is 5.88 Å². The fraction of sp³-hybridized carbons (Fsp3) is 0.550. The maximum absolute atomic E-state index is 11.7. The summed E-state index contributed by atoms with van der Waals surface area (Å²) in [7, 11) is 1.50. The van der Waals surface area contributed by atoms with Crippen LogP contribution in [0.2, 0.25) is 0 Å². The summed E-state index contributed by atoms with van der Waals surface area (Å²) < 4.78 is 5.25. The molecule has 0 aliphatic carbocycles.